The lowest BCUT2D eigenvalue weighted by atomic mass is 10.1. The van der Waals surface area contributed by atoms with Crippen molar-refractivity contribution >= 4 is 34.0 Å². The van der Waals surface area contributed by atoms with Gasteiger partial charge >= 0.3 is 0 Å². The van der Waals surface area contributed by atoms with Gasteiger partial charge in [-0.05, 0) is 36.5 Å². The average molecular weight is 328 g/mol. The van der Waals surface area contributed by atoms with Gasteiger partial charge < -0.3 is 10.1 Å². The molecule has 23 heavy (non-hydrogen) atoms. The number of ether oxygens (including phenoxy) is 1. The highest BCUT2D eigenvalue weighted by molar-refractivity contribution is 7.08. The number of carbonyl (C=O) groups excluding carboxylic acids is 1. The predicted molar refractivity (Wildman–Crippen MR) is 90.3 cm³/mol. The number of methoxy groups -OCH3 is 1. The number of fused-ring (bicyclic) bond motifs is 1. The third-order valence-corrected chi connectivity index (χ3v) is 4.37. The number of para-hydroxylation sites is 1. The molecule has 0 radical (unpaired) electrons. The van der Waals surface area contributed by atoms with Crippen LogP contribution in [0.1, 0.15) is 27.9 Å². The highest BCUT2D eigenvalue weighted by Crippen LogP contribution is 2.31. The minimum Gasteiger partial charge on any atom is -0.494 e. The number of pyridine rings is 1. The molecular formula is C16H16N4O2S. The molecule has 3 aromatic rings. The molecule has 1 amide bonds. The molecule has 0 saturated heterocycles. The van der Waals surface area contributed by atoms with Crippen LogP contribution in [0.15, 0.2) is 24.4 Å². The van der Waals surface area contributed by atoms with Crippen molar-refractivity contribution in [3.8, 4) is 5.75 Å². The molecule has 1 N–H and O–H groups in total. The number of anilines is 1. The van der Waals surface area contributed by atoms with Crippen LogP contribution in [-0.2, 0) is 6.42 Å². The quantitative estimate of drug-likeness (QED) is 0.795. The van der Waals surface area contributed by atoms with Gasteiger partial charge in [-0.1, -0.05) is 23.5 Å². The number of hydrogen-bond acceptors (Lipinski definition) is 6. The second kappa shape index (κ2) is 6.29. The van der Waals surface area contributed by atoms with Crippen molar-refractivity contribution in [3.05, 3.63) is 40.5 Å². The largest absolute Gasteiger partial charge is 0.494 e. The van der Waals surface area contributed by atoms with Crippen molar-refractivity contribution in [1.29, 1.82) is 0 Å². The zero-order valence-electron chi connectivity index (χ0n) is 13.1. The molecule has 6 nitrogen and oxygen atoms in total. The summed E-state index contributed by atoms with van der Waals surface area (Å²) >= 11 is 1.11. The molecule has 7 heteroatoms. The molecule has 2 aromatic heterocycles. The third-order valence-electron chi connectivity index (χ3n) is 3.61. The lowest BCUT2D eigenvalue weighted by Gasteiger charge is -2.12. The van der Waals surface area contributed by atoms with Crippen LogP contribution in [0.25, 0.3) is 10.9 Å². The Kier molecular flexibility index (Phi) is 4.20. The van der Waals surface area contributed by atoms with Crippen LogP contribution in [0.2, 0.25) is 0 Å². The van der Waals surface area contributed by atoms with E-state index in [0.717, 1.165) is 28.2 Å². The predicted octanol–water partition coefficient (Wildman–Crippen LogP) is 3.22. The number of aryl methyl sites for hydroxylation is 2. The van der Waals surface area contributed by atoms with Crippen molar-refractivity contribution in [1.82, 2.24) is 14.6 Å². The van der Waals surface area contributed by atoms with Gasteiger partial charge in [0.15, 0.2) is 0 Å². The van der Waals surface area contributed by atoms with Crippen molar-refractivity contribution in [3.63, 3.8) is 0 Å². The van der Waals surface area contributed by atoms with Crippen LogP contribution in [-0.4, -0.2) is 27.6 Å². The van der Waals surface area contributed by atoms with Gasteiger partial charge in [-0.15, -0.1) is 5.10 Å². The smallest absolute Gasteiger partial charge is 0.269 e. The Hall–Kier alpha value is -2.54. The van der Waals surface area contributed by atoms with E-state index in [0.29, 0.717) is 28.3 Å². The van der Waals surface area contributed by atoms with Crippen LogP contribution >= 0.6 is 11.5 Å². The second-order valence-corrected chi connectivity index (χ2v) is 5.78. The van der Waals surface area contributed by atoms with E-state index < -0.39 is 0 Å². The minimum absolute atomic E-state index is 0.199. The maximum Gasteiger partial charge on any atom is 0.269 e. The lowest BCUT2D eigenvalue weighted by Crippen LogP contribution is -2.14. The van der Waals surface area contributed by atoms with Gasteiger partial charge in [0.05, 0.1) is 18.5 Å². The zero-order valence-corrected chi connectivity index (χ0v) is 13.9. The maximum absolute atomic E-state index is 12.6. The summed E-state index contributed by atoms with van der Waals surface area (Å²) in [6.45, 7) is 3.86. The average Bonchev–Trinajstić information content (AvgIpc) is 3.05. The molecule has 0 unspecified atom stereocenters. The summed E-state index contributed by atoms with van der Waals surface area (Å²) in [4.78, 5) is 17.5. The minimum atomic E-state index is -0.199. The molecule has 0 spiro atoms. The van der Waals surface area contributed by atoms with Crippen LogP contribution in [0.4, 0.5) is 5.69 Å². The van der Waals surface area contributed by atoms with E-state index in [1.54, 1.807) is 13.3 Å². The summed E-state index contributed by atoms with van der Waals surface area (Å²) in [6, 6.07) is 5.64. The fraction of sp³-hybridized carbons (Fsp3) is 0.250. The van der Waals surface area contributed by atoms with E-state index in [9.17, 15) is 4.79 Å². The molecule has 1 aromatic carbocycles. The zero-order chi connectivity index (χ0) is 16.4. The first-order valence-electron chi connectivity index (χ1n) is 7.20. The number of nitrogens with one attached hydrogen (secondary N) is 1. The number of rotatable bonds is 4. The molecule has 3 rings (SSSR count). The van der Waals surface area contributed by atoms with Gasteiger partial charge in [0.2, 0.25) is 0 Å². The molecule has 118 valence electrons. The fourth-order valence-electron chi connectivity index (χ4n) is 2.41. The molecular weight excluding hydrogens is 312 g/mol. The van der Waals surface area contributed by atoms with E-state index >= 15 is 0 Å². The van der Waals surface area contributed by atoms with Gasteiger partial charge in [-0.25, -0.2) is 0 Å². The van der Waals surface area contributed by atoms with Gasteiger partial charge in [-0.3, -0.25) is 9.78 Å². The third kappa shape index (κ3) is 2.75. The first-order valence-corrected chi connectivity index (χ1v) is 7.98. The van der Waals surface area contributed by atoms with Crippen molar-refractivity contribution in [2.24, 2.45) is 0 Å². The summed E-state index contributed by atoms with van der Waals surface area (Å²) in [6.07, 6.45) is 2.40. The monoisotopic (exact) mass is 328 g/mol. The topological polar surface area (TPSA) is 77.0 Å². The summed E-state index contributed by atoms with van der Waals surface area (Å²) < 4.78 is 9.21. The number of hydrogen-bond donors (Lipinski definition) is 1. The van der Waals surface area contributed by atoms with Crippen molar-refractivity contribution in [2.75, 3.05) is 12.4 Å². The summed E-state index contributed by atoms with van der Waals surface area (Å²) in [5.41, 5.74) is 3.04. The molecule has 2 heterocycles. The van der Waals surface area contributed by atoms with Crippen molar-refractivity contribution < 1.29 is 9.53 Å². The van der Waals surface area contributed by atoms with Gasteiger partial charge in [0.25, 0.3) is 5.91 Å². The Labute approximate surface area is 137 Å². The molecule has 0 aliphatic rings. The van der Waals surface area contributed by atoms with E-state index in [4.69, 9.17) is 4.74 Å². The van der Waals surface area contributed by atoms with Gasteiger partial charge in [-0.2, -0.15) is 0 Å². The Morgan fingerprint density at radius 2 is 2.22 bits per heavy atom. The molecule has 0 fully saturated rings. The number of benzene rings is 1. The van der Waals surface area contributed by atoms with Crippen LogP contribution in [0.5, 0.6) is 5.75 Å². The number of nitrogens with zero attached hydrogens (tertiary/aromatic N) is 3. The normalized spacial score (nSPS) is 10.7. The second-order valence-electron chi connectivity index (χ2n) is 5.03. The highest BCUT2D eigenvalue weighted by Gasteiger charge is 2.18. The standard InChI is InChI=1S/C16H16N4O2S/c1-4-11-15(23-20-19-11)16(21)18-13-9(2)8-17-14-10(13)6-5-7-12(14)22-3/h5-8H,4H2,1-3H3,(H,17,18,21). The Balaban J connectivity index is 2.06. The van der Waals surface area contributed by atoms with Crippen molar-refractivity contribution in [2.45, 2.75) is 20.3 Å². The van der Waals surface area contributed by atoms with E-state index in [-0.39, 0.29) is 5.91 Å². The van der Waals surface area contributed by atoms with Crippen LogP contribution < -0.4 is 10.1 Å². The molecule has 0 bridgehead atoms. The molecule has 0 aliphatic carbocycles. The highest BCUT2D eigenvalue weighted by atomic mass is 32.1. The summed E-state index contributed by atoms with van der Waals surface area (Å²) in [5.74, 6) is 0.474. The Morgan fingerprint density at radius 1 is 1.39 bits per heavy atom. The SMILES string of the molecule is CCc1nnsc1C(=O)Nc1c(C)cnc2c(OC)cccc12. The molecule has 0 aliphatic heterocycles. The van der Waals surface area contributed by atoms with E-state index in [2.05, 4.69) is 19.9 Å². The number of aromatic nitrogens is 3. The summed E-state index contributed by atoms with van der Waals surface area (Å²) in [5, 5.41) is 7.80. The lowest BCUT2D eigenvalue weighted by molar-refractivity contribution is 0.102. The first-order chi connectivity index (χ1) is 11.2. The Bertz CT molecular complexity index is 876. The molecule has 0 atom stereocenters. The van der Waals surface area contributed by atoms with Gasteiger partial charge in [0, 0.05) is 11.6 Å². The maximum atomic E-state index is 12.6. The summed E-state index contributed by atoms with van der Waals surface area (Å²) in [7, 11) is 1.60. The molecule has 0 saturated carbocycles. The van der Waals surface area contributed by atoms with Crippen LogP contribution in [0, 0.1) is 6.92 Å². The van der Waals surface area contributed by atoms with E-state index in [1.807, 2.05) is 32.0 Å². The van der Waals surface area contributed by atoms with Gasteiger partial charge in [0.1, 0.15) is 16.1 Å². The Morgan fingerprint density at radius 3 is 2.96 bits per heavy atom. The number of carbonyl (C=O) groups is 1. The fourth-order valence-corrected chi connectivity index (χ4v) is 3.05. The van der Waals surface area contributed by atoms with Crippen LogP contribution in [0.3, 0.4) is 0 Å². The number of amides is 1. The van der Waals surface area contributed by atoms with E-state index in [1.165, 1.54) is 0 Å². The first kappa shape index (κ1) is 15.4.